The maximum absolute atomic E-state index is 4.83. The minimum Gasteiger partial charge on any atom is -0.356 e. The predicted octanol–water partition coefficient (Wildman–Crippen LogP) is 5.27. The maximum atomic E-state index is 4.83. The van der Waals surface area contributed by atoms with E-state index in [9.17, 15) is 0 Å². The van der Waals surface area contributed by atoms with Crippen molar-refractivity contribution < 1.29 is 4.57 Å². The molecule has 0 spiro atoms. The van der Waals surface area contributed by atoms with Crippen LogP contribution in [0.5, 0.6) is 0 Å². The number of para-hydroxylation sites is 2. The molecular formula is C25H25N4+. The first kappa shape index (κ1) is 18.7. The Balaban J connectivity index is 1.56. The lowest BCUT2D eigenvalue weighted by molar-refractivity contribution is -0.644. The fraction of sp³-hybridized carbons (Fsp3) is 0.120. The van der Waals surface area contributed by atoms with E-state index >= 15 is 0 Å². The molecule has 0 aliphatic rings. The smallest absolute Gasteiger partial charge is 0.212 e. The van der Waals surface area contributed by atoms with Gasteiger partial charge in [-0.1, -0.05) is 30.3 Å². The molecule has 0 aliphatic carbocycles. The highest BCUT2D eigenvalue weighted by atomic mass is 15.4. The highest BCUT2D eigenvalue weighted by Gasteiger charge is 2.12. The quantitative estimate of drug-likeness (QED) is 0.290. The lowest BCUT2D eigenvalue weighted by atomic mass is 10.1. The standard InChI is InChI=1S/C25H25N4/c1-19(23-17-18-28(2)25-12-8-7-11-24(23)25)27-29(3)22-15-13-21(14-16-22)26-20-9-5-4-6-10-20/h4-18,26H,1-3H3/q+1. The van der Waals surface area contributed by atoms with Crippen molar-refractivity contribution in [2.75, 3.05) is 17.4 Å². The normalized spacial score (nSPS) is 11.5. The number of aromatic nitrogens is 1. The summed E-state index contributed by atoms with van der Waals surface area (Å²) in [5.41, 5.74) is 6.48. The molecule has 0 radical (unpaired) electrons. The van der Waals surface area contributed by atoms with Crippen LogP contribution in [0.25, 0.3) is 10.9 Å². The molecule has 4 heteroatoms. The molecule has 0 atom stereocenters. The van der Waals surface area contributed by atoms with Gasteiger partial charge in [-0.25, -0.2) is 4.57 Å². The third-order valence-electron chi connectivity index (χ3n) is 5.03. The first-order chi connectivity index (χ1) is 14.1. The molecule has 0 bridgehead atoms. The molecule has 0 fully saturated rings. The first-order valence-electron chi connectivity index (χ1n) is 9.70. The van der Waals surface area contributed by atoms with Crippen LogP contribution in [0.2, 0.25) is 0 Å². The van der Waals surface area contributed by atoms with Crippen LogP contribution >= 0.6 is 0 Å². The van der Waals surface area contributed by atoms with Crippen molar-refractivity contribution in [3.8, 4) is 0 Å². The third kappa shape index (κ3) is 4.11. The molecule has 1 aromatic heterocycles. The maximum Gasteiger partial charge on any atom is 0.212 e. The lowest BCUT2D eigenvalue weighted by Gasteiger charge is -2.16. The summed E-state index contributed by atoms with van der Waals surface area (Å²) in [6.45, 7) is 2.06. The zero-order valence-corrected chi connectivity index (χ0v) is 17.0. The summed E-state index contributed by atoms with van der Waals surface area (Å²) in [5.74, 6) is 0. The van der Waals surface area contributed by atoms with Crippen molar-refractivity contribution in [1.82, 2.24) is 0 Å². The van der Waals surface area contributed by atoms with Gasteiger partial charge >= 0.3 is 0 Å². The summed E-state index contributed by atoms with van der Waals surface area (Å²) in [5, 5.41) is 11.4. The van der Waals surface area contributed by atoms with E-state index in [-0.39, 0.29) is 0 Å². The second-order valence-electron chi connectivity index (χ2n) is 7.10. The molecule has 144 valence electrons. The molecule has 0 saturated heterocycles. The van der Waals surface area contributed by atoms with Crippen molar-refractivity contribution in [2.45, 2.75) is 6.92 Å². The van der Waals surface area contributed by atoms with Crippen LogP contribution < -0.4 is 14.9 Å². The van der Waals surface area contributed by atoms with Crippen molar-refractivity contribution in [1.29, 1.82) is 0 Å². The van der Waals surface area contributed by atoms with Gasteiger partial charge in [0.15, 0.2) is 6.20 Å². The number of fused-ring (bicyclic) bond motifs is 1. The Morgan fingerprint density at radius 1 is 0.828 bits per heavy atom. The minimum atomic E-state index is 0.982. The van der Waals surface area contributed by atoms with E-state index in [2.05, 4.69) is 96.8 Å². The van der Waals surface area contributed by atoms with Crippen LogP contribution in [0.3, 0.4) is 0 Å². The number of nitrogens with one attached hydrogen (secondary N) is 1. The van der Waals surface area contributed by atoms with E-state index in [4.69, 9.17) is 5.10 Å². The summed E-state index contributed by atoms with van der Waals surface area (Å²) in [6.07, 6.45) is 2.08. The van der Waals surface area contributed by atoms with Gasteiger partial charge in [0.1, 0.15) is 7.05 Å². The second kappa shape index (κ2) is 8.15. The van der Waals surface area contributed by atoms with E-state index in [1.54, 1.807) is 0 Å². The molecule has 4 rings (SSSR count). The fourth-order valence-electron chi connectivity index (χ4n) is 3.47. The van der Waals surface area contributed by atoms with E-state index in [1.165, 1.54) is 10.9 Å². The first-order valence-corrected chi connectivity index (χ1v) is 9.70. The monoisotopic (exact) mass is 381 g/mol. The van der Waals surface area contributed by atoms with Gasteiger partial charge < -0.3 is 5.32 Å². The number of aryl methyl sites for hydroxylation is 1. The highest BCUT2D eigenvalue weighted by Crippen LogP contribution is 2.22. The van der Waals surface area contributed by atoms with Gasteiger partial charge in [-0.3, -0.25) is 5.01 Å². The fourth-order valence-corrected chi connectivity index (χ4v) is 3.47. The van der Waals surface area contributed by atoms with Crippen molar-refractivity contribution in [3.63, 3.8) is 0 Å². The summed E-state index contributed by atoms with van der Waals surface area (Å²) in [4.78, 5) is 0. The second-order valence-corrected chi connectivity index (χ2v) is 7.10. The number of hydrogen-bond donors (Lipinski definition) is 1. The molecule has 0 saturated carbocycles. The van der Waals surface area contributed by atoms with Gasteiger partial charge in [-0.15, -0.1) is 0 Å². The van der Waals surface area contributed by atoms with E-state index in [0.29, 0.717) is 0 Å². The van der Waals surface area contributed by atoms with E-state index in [0.717, 1.165) is 28.3 Å². The van der Waals surface area contributed by atoms with Gasteiger partial charge in [0, 0.05) is 36.1 Å². The highest BCUT2D eigenvalue weighted by molar-refractivity contribution is 6.08. The molecule has 0 unspecified atom stereocenters. The average Bonchev–Trinajstić information content (AvgIpc) is 2.75. The van der Waals surface area contributed by atoms with Crippen molar-refractivity contribution in [2.24, 2.45) is 12.1 Å². The Labute approximate surface area is 171 Å². The van der Waals surface area contributed by atoms with Gasteiger partial charge in [0.25, 0.3) is 0 Å². The largest absolute Gasteiger partial charge is 0.356 e. The molecule has 3 aromatic carbocycles. The Morgan fingerprint density at radius 2 is 1.48 bits per heavy atom. The van der Waals surface area contributed by atoms with Gasteiger partial charge in [0.05, 0.1) is 16.8 Å². The lowest BCUT2D eigenvalue weighted by Crippen LogP contribution is -2.29. The van der Waals surface area contributed by atoms with Crippen LogP contribution in [-0.4, -0.2) is 12.8 Å². The van der Waals surface area contributed by atoms with Gasteiger partial charge in [0.2, 0.25) is 5.52 Å². The minimum absolute atomic E-state index is 0.982. The molecule has 0 amide bonds. The molecule has 0 aliphatic heterocycles. The molecular weight excluding hydrogens is 356 g/mol. The SMILES string of the molecule is C/C(=N\N(C)c1ccc(Nc2ccccc2)cc1)c1cc[n+](C)c2ccccc12. The summed E-state index contributed by atoms with van der Waals surface area (Å²) >= 11 is 0. The number of nitrogens with zero attached hydrogens (tertiary/aromatic N) is 3. The van der Waals surface area contributed by atoms with E-state index < -0.39 is 0 Å². The molecule has 29 heavy (non-hydrogen) atoms. The Morgan fingerprint density at radius 3 is 2.24 bits per heavy atom. The van der Waals surface area contributed by atoms with Gasteiger partial charge in [-0.05, 0) is 49.4 Å². The molecule has 4 aromatic rings. The zero-order valence-electron chi connectivity index (χ0n) is 17.0. The van der Waals surface area contributed by atoms with E-state index in [1.807, 2.05) is 30.3 Å². The van der Waals surface area contributed by atoms with Crippen LogP contribution in [0, 0.1) is 0 Å². The number of anilines is 3. The zero-order chi connectivity index (χ0) is 20.2. The summed E-state index contributed by atoms with van der Waals surface area (Å²) in [6, 6.07) is 29.0. The number of hydrazone groups is 1. The van der Waals surface area contributed by atoms with Crippen LogP contribution in [-0.2, 0) is 7.05 Å². The molecule has 4 nitrogen and oxygen atoms in total. The average molecular weight is 382 g/mol. The summed E-state index contributed by atoms with van der Waals surface area (Å²) in [7, 11) is 4.05. The number of pyridine rings is 1. The topological polar surface area (TPSA) is 31.5 Å². The van der Waals surface area contributed by atoms with Crippen molar-refractivity contribution >= 4 is 33.7 Å². The van der Waals surface area contributed by atoms with Crippen LogP contribution in [0.4, 0.5) is 17.1 Å². The van der Waals surface area contributed by atoms with Crippen molar-refractivity contribution in [3.05, 3.63) is 96.7 Å². The predicted molar refractivity (Wildman–Crippen MR) is 122 cm³/mol. The number of benzene rings is 3. The molecule has 1 N–H and O–H groups in total. The molecule has 1 heterocycles. The Hall–Kier alpha value is -3.66. The van der Waals surface area contributed by atoms with Gasteiger partial charge in [-0.2, -0.15) is 5.10 Å². The number of hydrogen-bond acceptors (Lipinski definition) is 3. The van der Waals surface area contributed by atoms with Crippen LogP contribution in [0.15, 0.2) is 96.2 Å². The third-order valence-corrected chi connectivity index (χ3v) is 5.03. The Kier molecular flexibility index (Phi) is 5.25. The van der Waals surface area contributed by atoms with Crippen LogP contribution in [0.1, 0.15) is 12.5 Å². The number of rotatable bonds is 5. The Bertz CT molecular complexity index is 1150. The summed E-state index contributed by atoms with van der Waals surface area (Å²) < 4.78 is 2.13.